The molecule has 1 amide bonds. The van der Waals surface area contributed by atoms with Crippen LogP contribution in [0.4, 0.5) is 5.69 Å². The Hall–Kier alpha value is -1.63. The zero-order valence-electron chi connectivity index (χ0n) is 15.1. The van der Waals surface area contributed by atoms with Crippen molar-refractivity contribution < 1.29 is 19.0 Å². The van der Waals surface area contributed by atoms with Crippen LogP contribution in [-0.4, -0.2) is 50.0 Å². The summed E-state index contributed by atoms with van der Waals surface area (Å²) in [5, 5.41) is 6.83. The third-order valence-electron chi connectivity index (χ3n) is 7.74. The Bertz CT molecular complexity index is 813. The van der Waals surface area contributed by atoms with Crippen LogP contribution in [0, 0.1) is 11.8 Å². The summed E-state index contributed by atoms with van der Waals surface area (Å²) in [6, 6.07) is 6.20. The lowest BCUT2D eigenvalue weighted by atomic mass is 9.70. The molecular formula is C20H24N2O4. The maximum atomic E-state index is 13.3. The van der Waals surface area contributed by atoms with E-state index >= 15 is 0 Å². The van der Waals surface area contributed by atoms with Crippen molar-refractivity contribution in [1.29, 1.82) is 0 Å². The molecule has 1 unspecified atom stereocenters. The van der Waals surface area contributed by atoms with Crippen molar-refractivity contribution in [3.63, 3.8) is 0 Å². The molecule has 0 radical (unpaired) electrons. The smallest absolute Gasteiger partial charge is 0.237 e. The molecule has 138 valence electrons. The second kappa shape index (κ2) is 4.80. The lowest BCUT2D eigenvalue weighted by molar-refractivity contribution is -0.131. The minimum atomic E-state index is -0.619. The summed E-state index contributed by atoms with van der Waals surface area (Å²) < 4.78 is 17.8. The summed E-state index contributed by atoms with van der Waals surface area (Å²) in [7, 11) is 1.65. The Morgan fingerprint density at radius 1 is 1.35 bits per heavy atom. The van der Waals surface area contributed by atoms with Crippen LogP contribution < -0.4 is 15.4 Å². The molecular weight excluding hydrogens is 332 g/mol. The Morgan fingerprint density at radius 2 is 2.19 bits per heavy atom. The molecule has 4 saturated heterocycles. The summed E-state index contributed by atoms with van der Waals surface area (Å²) in [5.41, 5.74) is 1.25. The van der Waals surface area contributed by atoms with Crippen molar-refractivity contribution in [2.24, 2.45) is 11.8 Å². The molecule has 5 aliphatic heterocycles. The van der Waals surface area contributed by atoms with E-state index in [0.29, 0.717) is 24.5 Å². The van der Waals surface area contributed by atoms with Gasteiger partial charge in [-0.3, -0.25) is 4.79 Å². The second-order valence-electron chi connectivity index (χ2n) is 8.57. The zero-order chi connectivity index (χ0) is 17.7. The Labute approximate surface area is 152 Å². The van der Waals surface area contributed by atoms with E-state index in [1.807, 2.05) is 18.2 Å². The average Bonchev–Trinajstić information content (AvgIpc) is 3.28. The highest BCUT2D eigenvalue weighted by Gasteiger charge is 2.70. The first kappa shape index (κ1) is 15.4. The van der Waals surface area contributed by atoms with Gasteiger partial charge in [-0.15, -0.1) is 0 Å². The van der Waals surface area contributed by atoms with Crippen LogP contribution >= 0.6 is 0 Å². The summed E-state index contributed by atoms with van der Waals surface area (Å²) in [6.07, 6.45) is 1.88. The number of piperidine rings is 1. The number of fused-ring (bicyclic) bond motifs is 2. The second-order valence-corrected chi connectivity index (χ2v) is 8.57. The third-order valence-corrected chi connectivity index (χ3v) is 7.74. The number of methoxy groups -OCH3 is 1. The molecule has 1 aliphatic carbocycles. The van der Waals surface area contributed by atoms with Crippen molar-refractivity contribution in [2.75, 3.05) is 25.6 Å². The fraction of sp³-hybridized carbons (Fsp3) is 0.650. The van der Waals surface area contributed by atoms with Gasteiger partial charge < -0.3 is 24.8 Å². The highest BCUT2D eigenvalue weighted by molar-refractivity contribution is 6.07. The predicted molar refractivity (Wildman–Crippen MR) is 94.3 cm³/mol. The lowest BCUT2D eigenvalue weighted by Gasteiger charge is -2.44. The number of rotatable bonds is 1. The van der Waals surface area contributed by atoms with Crippen LogP contribution in [0.2, 0.25) is 0 Å². The fourth-order valence-corrected chi connectivity index (χ4v) is 6.28. The van der Waals surface area contributed by atoms with Crippen LogP contribution in [0.15, 0.2) is 18.2 Å². The fourth-order valence-electron chi connectivity index (χ4n) is 6.28. The number of epoxide rings is 1. The number of carbonyl (C=O) groups is 1. The van der Waals surface area contributed by atoms with Gasteiger partial charge in [0.1, 0.15) is 16.8 Å². The molecule has 2 N–H and O–H groups in total. The number of anilines is 1. The van der Waals surface area contributed by atoms with Gasteiger partial charge >= 0.3 is 0 Å². The summed E-state index contributed by atoms with van der Waals surface area (Å²) in [5.74, 6) is 1.71. The molecule has 6 aliphatic rings. The first-order valence-electron chi connectivity index (χ1n) is 9.61. The monoisotopic (exact) mass is 356 g/mol. The quantitative estimate of drug-likeness (QED) is 0.745. The van der Waals surface area contributed by atoms with E-state index in [-0.39, 0.29) is 23.7 Å². The van der Waals surface area contributed by atoms with E-state index in [1.165, 1.54) is 0 Å². The van der Waals surface area contributed by atoms with Crippen molar-refractivity contribution in [3.8, 4) is 5.75 Å². The third kappa shape index (κ3) is 1.66. The van der Waals surface area contributed by atoms with Gasteiger partial charge in [0.05, 0.1) is 25.9 Å². The standard InChI is InChI=1S/C20H24N2O4/c1-10-20(26-10)9-21-16-7-19(17-6-14(20)12(16)8-25-17)13-4-3-11(24-2)5-15(13)22-18(19)23/h3-5,10,12,14,16-17,21H,6-9H2,1-2H3,(H,22,23)/t10-,12-,14+,16?,17-,19-,20-/m0/s1. The molecule has 0 aromatic heterocycles. The van der Waals surface area contributed by atoms with Gasteiger partial charge in [0.25, 0.3) is 0 Å². The van der Waals surface area contributed by atoms with Crippen LogP contribution in [0.25, 0.3) is 0 Å². The number of nitrogens with one attached hydrogen (secondary N) is 2. The Morgan fingerprint density at radius 3 is 2.96 bits per heavy atom. The minimum Gasteiger partial charge on any atom is -0.497 e. The van der Waals surface area contributed by atoms with Crippen molar-refractivity contribution in [2.45, 2.75) is 49.0 Å². The maximum Gasteiger partial charge on any atom is 0.237 e. The SMILES string of the molecule is COc1ccc2c(c1)NC(=O)[C@@]21CC2NC[C@@]3(O[C@H]3C)[C@@H]3C[C@@H]1OC[C@H]23. The Balaban J connectivity index is 1.48. The molecule has 4 bridgehead atoms. The minimum absolute atomic E-state index is 0.0491. The first-order chi connectivity index (χ1) is 12.6. The molecule has 1 aromatic rings. The van der Waals surface area contributed by atoms with Gasteiger partial charge in [-0.1, -0.05) is 6.07 Å². The molecule has 7 rings (SSSR count). The number of amides is 1. The maximum absolute atomic E-state index is 13.3. The van der Waals surface area contributed by atoms with Crippen LogP contribution in [0.5, 0.6) is 5.75 Å². The van der Waals surface area contributed by atoms with E-state index in [9.17, 15) is 4.79 Å². The predicted octanol–water partition coefficient (Wildman–Crippen LogP) is 1.44. The molecule has 5 heterocycles. The van der Waals surface area contributed by atoms with Gasteiger partial charge in [-0.25, -0.2) is 0 Å². The molecule has 5 fully saturated rings. The lowest BCUT2D eigenvalue weighted by Crippen LogP contribution is -2.58. The average molecular weight is 356 g/mol. The van der Waals surface area contributed by atoms with Gasteiger partial charge in [-0.05, 0) is 31.4 Å². The molecule has 2 spiro atoms. The number of ether oxygens (including phenoxy) is 3. The van der Waals surface area contributed by atoms with E-state index < -0.39 is 5.41 Å². The van der Waals surface area contributed by atoms with Gasteiger partial charge in [0, 0.05) is 36.2 Å². The molecule has 1 aromatic carbocycles. The van der Waals surface area contributed by atoms with Crippen LogP contribution in [0.3, 0.4) is 0 Å². The van der Waals surface area contributed by atoms with Gasteiger partial charge in [0.2, 0.25) is 5.91 Å². The van der Waals surface area contributed by atoms with E-state index in [1.54, 1.807) is 7.11 Å². The first-order valence-corrected chi connectivity index (χ1v) is 9.61. The largest absolute Gasteiger partial charge is 0.497 e. The zero-order valence-corrected chi connectivity index (χ0v) is 15.1. The number of hydrogen-bond donors (Lipinski definition) is 2. The Kier molecular flexibility index (Phi) is 2.85. The number of benzene rings is 1. The van der Waals surface area contributed by atoms with Crippen molar-refractivity contribution in [1.82, 2.24) is 5.32 Å². The number of hydrogen-bond acceptors (Lipinski definition) is 5. The molecule has 1 saturated carbocycles. The molecule has 6 heteroatoms. The summed E-state index contributed by atoms with van der Waals surface area (Å²) in [4.78, 5) is 13.3. The van der Waals surface area contributed by atoms with Crippen molar-refractivity contribution >= 4 is 11.6 Å². The number of carbonyl (C=O) groups excluding carboxylic acids is 1. The van der Waals surface area contributed by atoms with Gasteiger partial charge in [-0.2, -0.15) is 0 Å². The van der Waals surface area contributed by atoms with E-state index in [0.717, 1.165) is 36.4 Å². The molecule has 26 heavy (non-hydrogen) atoms. The van der Waals surface area contributed by atoms with E-state index in [4.69, 9.17) is 14.2 Å². The highest BCUT2D eigenvalue weighted by atomic mass is 16.6. The van der Waals surface area contributed by atoms with Crippen LogP contribution in [0.1, 0.15) is 25.3 Å². The topological polar surface area (TPSA) is 72.1 Å². The summed E-state index contributed by atoms with van der Waals surface area (Å²) in [6.45, 7) is 3.77. The highest BCUT2D eigenvalue weighted by Crippen LogP contribution is 2.59. The summed E-state index contributed by atoms with van der Waals surface area (Å²) >= 11 is 0. The molecule has 6 nitrogen and oxygen atoms in total. The van der Waals surface area contributed by atoms with E-state index in [2.05, 4.69) is 17.6 Å². The van der Waals surface area contributed by atoms with Crippen molar-refractivity contribution in [3.05, 3.63) is 23.8 Å². The van der Waals surface area contributed by atoms with Gasteiger partial charge in [0.15, 0.2) is 0 Å². The van der Waals surface area contributed by atoms with Crippen LogP contribution in [-0.2, 0) is 19.7 Å². The molecule has 7 atom stereocenters. The normalized spacial score (nSPS) is 47.6.